The van der Waals surface area contributed by atoms with Crippen LogP contribution in [0.1, 0.15) is 25.1 Å². The van der Waals surface area contributed by atoms with Crippen LogP contribution in [0.5, 0.6) is 0 Å². The highest BCUT2D eigenvalue weighted by Crippen LogP contribution is 2.68. The van der Waals surface area contributed by atoms with Gasteiger partial charge in [-0.1, -0.05) is 25.2 Å². The number of aromatic amines is 1. The Labute approximate surface area is 187 Å². The smallest absolute Gasteiger partial charge is 0.305 e. The lowest BCUT2D eigenvalue weighted by atomic mass is 9.64. The normalized spacial score (nSPS) is 37.7. The molecule has 31 heavy (non-hydrogen) atoms. The number of nitrogens with zero attached hydrogens (tertiary/aromatic N) is 2. The molecule has 0 aromatic carbocycles. The van der Waals surface area contributed by atoms with Gasteiger partial charge in [0.05, 0.1) is 30.1 Å². The van der Waals surface area contributed by atoms with Crippen molar-refractivity contribution >= 4 is 40.8 Å². The van der Waals surface area contributed by atoms with E-state index in [1.54, 1.807) is 16.7 Å². The third-order valence-corrected chi connectivity index (χ3v) is 10.9. The lowest BCUT2D eigenvalue weighted by molar-refractivity contribution is -0.148. The van der Waals surface area contributed by atoms with E-state index in [1.807, 2.05) is 0 Å². The van der Waals surface area contributed by atoms with Crippen molar-refractivity contribution in [2.24, 2.45) is 29.6 Å². The summed E-state index contributed by atoms with van der Waals surface area (Å²) in [5.74, 6) is -0.700. The molecule has 1 aromatic heterocycles. The SMILES string of the molecule is CC1(C)c2sc(=O)[nH]c2S[C@H]2[C@@H]3C[C@H]([C@H]4C(=O)N(CC(=O)N5CCOCC5)C(=O)[C@H]34)[C@H]21. The molecular formula is C21H25N3O5S2. The Balaban J connectivity index is 1.29. The lowest BCUT2D eigenvalue weighted by Crippen LogP contribution is -2.48. The van der Waals surface area contributed by atoms with Crippen molar-refractivity contribution in [1.29, 1.82) is 0 Å². The summed E-state index contributed by atoms with van der Waals surface area (Å²) in [5.41, 5.74) is -0.222. The van der Waals surface area contributed by atoms with Crippen LogP contribution in [0.15, 0.2) is 9.82 Å². The number of rotatable bonds is 2. The number of H-pyrrole nitrogens is 1. The maximum atomic E-state index is 13.4. The second-order valence-corrected chi connectivity index (χ2v) is 12.0. The fourth-order valence-electron chi connectivity index (χ4n) is 6.92. The van der Waals surface area contributed by atoms with E-state index in [1.165, 1.54) is 16.2 Å². The van der Waals surface area contributed by atoms with Crippen molar-refractivity contribution in [2.75, 3.05) is 32.8 Å². The molecule has 4 fully saturated rings. The van der Waals surface area contributed by atoms with E-state index < -0.39 is 0 Å². The fraction of sp³-hybridized carbons (Fsp3) is 0.714. The molecule has 1 aromatic rings. The molecule has 2 aliphatic carbocycles. The summed E-state index contributed by atoms with van der Waals surface area (Å²) < 4.78 is 5.30. The number of aromatic nitrogens is 1. The van der Waals surface area contributed by atoms with Gasteiger partial charge in [-0.3, -0.25) is 24.1 Å². The summed E-state index contributed by atoms with van der Waals surface area (Å²) in [4.78, 5) is 58.4. The average Bonchev–Trinajstić information content (AvgIpc) is 3.47. The van der Waals surface area contributed by atoms with Crippen molar-refractivity contribution in [3.63, 3.8) is 0 Å². The number of morpholine rings is 1. The van der Waals surface area contributed by atoms with Crippen LogP contribution in [-0.4, -0.2) is 70.6 Å². The van der Waals surface area contributed by atoms with Crippen LogP contribution >= 0.6 is 23.1 Å². The van der Waals surface area contributed by atoms with Gasteiger partial charge in [0.2, 0.25) is 17.7 Å². The first-order chi connectivity index (χ1) is 14.8. The number of amides is 3. The van der Waals surface area contributed by atoms with Gasteiger partial charge < -0.3 is 14.6 Å². The summed E-state index contributed by atoms with van der Waals surface area (Å²) in [6.45, 7) is 6.17. The molecule has 8 nitrogen and oxygen atoms in total. The van der Waals surface area contributed by atoms with Crippen LogP contribution in [-0.2, 0) is 24.5 Å². The molecule has 0 spiro atoms. The number of nitrogens with one attached hydrogen (secondary N) is 1. The third-order valence-electron chi connectivity index (χ3n) is 8.14. The monoisotopic (exact) mass is 463 g/mol. The lowest BCUT2D eigenvalue weighted by Gasteiger charge is -2.47. The van der Waals surface area contributed by atoms with E-state index in [0.717, 1.165) is 16.3 Å². The molecule has 3 amide bonds. The molecule has 4 heterocycles. The van der Waals surface area contributed by atoms with Crippen LogP contribution in [0.4, 0.5) is 0 Å². The van der Waals surface area contributed by atoms with Gasteiger partial charge in [0.1, 0.15) is 6.54 Å². The van der Waals surface area contributed by atoms with Crippen LogP contribution < -0.4 is 4.87 Å². The van der Waals surface area contributed by atoms with E-state index in [-0.39, 0.29) is 69.4 Å². The summed E-state index contributed by atoms with van der Waals surface area (Å²) >= 11 is 2.96. The molecule has 3 aliphatic heterocycles. The molecule has 5 aliphatic rings. The summed E-state index contributed by atoms with van der Waals surface area (Å²) in [6, 6.07) is 0. The van der Waals surface area contributed by atoms with Gasteiger partial charge in [-0.25, -0.2) is 0 Å². The number of hydrogen-bond donors (Lipinski definition) is 1. The third kappa shape index (κ3) is 2.64. The van der Waals surface area contributed by atoms with Crippen molar-refractivity contribution in [3.05, 3.63) is 14.5 Å². The summed E-state index contributed by atoms with van der Waals surface area (Å²) in [7, 11) is 0. The Hall–Kier alpha value is -1.65. The largest absolute Gasteiger partial charge is 0.378 e. The molecule has 0 unspecified atom stereocenters. The van der Waals surface area contributed by atoms with Gasteiger partial charge >= 0.3 is 4.87 Å². The van der Waals surface area contributed by atoms with Gasteiger partial charge in [-0.2, -0.15) is 0 Å². The van der Waals surface area contributed by atoms with E-state index in [0.29, 0.717) is 26.3 Å². The first-order valence-electron chi connectivity index (χ1n) is 10.9. The van der Waals surface area contributed by atoms with Crippen LogP contribution in [0.2, 0.25) is 0 Å². The van der Waals surface area contributed by atoms with Crippen LogP contribution in [0.25, 0.3) is 0 Å². The minimum absolute atomic E-state index is 0.0435. The Morgan fingerprint density at radius 1 is 1.13 bits per heavy atom. The summed E-state index contributed by atoms with van der Waals surface area (Å²) in [5, 5.41) is 1.15. The molecule has 166 valence electrons. The second kappa shape index (κ2) is 6.68. The number of likely N-dealkylation sites (tertiary alicyclic amines) is 1. The van der Waals surface area contributed by atoms with Crippen LogP contribution in [0, 0.1) is 29.6 Å². The van der Waals surface area contributed by atoms with Gasteiger partial charge in [-0.15, -0.1) is 11.8 Å². The maximum Gasteiger partial charge on any atom is 0.305 e. The number of hydrogen-bond acceptors (Lipinski definition) is 7. The molecule has 1 N–H and O–H groups in total. The molecule has 2 saturated carbocycles. The Morgan fingerprint density at radius 2 is 1.81 bits per heavy atom. The molecule has 2 bridgehead atoms. The van der Waals surface area contributed by atoms with Gasteiger partial charge in [0.15, 0.2) is 0 Å². The van der Waals surface area contributed by atoms with Gasteiger partial charge in [0, 0.05) is 28.6 Å². The standard InChI is InChI=1S/C21H25N3O5S2/c1-21(2)14-9-7-10(15(14)30-17-16(21)31-20(28)22-17)13-12(9)18(26)24(19(13)27)8-11(25)23-3-5-29-6-4-23/h9-10,12-15H,3-8H2,1-2H3,(H,22,28)/t9-,10-,12-,13-,14-,15+/m1/s1. The predicted octanol–water partition coefficient (Wildman–Crippen LogP) is 0.914. The number of ether oxygens (including phenoxy) is 1. The Kier molecular flexibility index (Phi) is 4.31. The van der Waals surface area contributed by atoms with Crippen molar-refractivity contribution in [1.82, 2.24) is 14.8 Å². The van der Waals surface area contributed by atoms with Crippen molar-refractivity contribution in [2.45, 2.75) is 36.0 Å². The first kappa shape index (κ1) is 20.0. The van der Waals surface area contributed by atoms with Crippen LogP contribution in [0.3, 0.4) is 0 Å². The van der Waals surface area contributed by atoms with Gasteiger partial charge in [-0.05, 0) is 24.2 Å². The molecule has 10 heteroatoms. The van der Waals surface area contributed by atoms with Crippen molar-refractivity contribution in [3.8, 4) is 0 Å². The number of imide groups is 1. The Bertz CT molecular complexity index is 1040. The minimum atomic E-state index is -0.327. The zero-order chi connectivity index (χ0) is 21.7. The summed E-state index contributed by atoms with van der Waals surface area (Å²) in [6.07, 6.45) is 0.878. The van der Waals surface area contributed by atoms with Crippen molar-refractivity contribution < 1.29 is 19.1 Å². The first-order valence-corrected chi connectivity index (χ1v) is 12.6. The number of thiazole rings is 1. The molecule has 2 saturated heterocycles. The quantitative estimate of drug-likeness (QED) is 0.655. The van der Waals surface area contributed by atoms with E-state index >= 15 is 0 Å². The van der Waals surface area contributed by atoms with Gasteiger partial charge in [0.25, 0.3) is 0 Å². The second-order valence-electron chi connectivity index (χ2n) is 9.87. The predicted molar refractivity (Wildman–Crippen MR) is 114 cm³/mol. The zero-order valence-electron chi connectivity index (χ0n) is 17.5. The number of carbonyl (C=O) groups is 3. The average molecular weight is 464 g/mol. The number of carbonyl (C=O) groups excluding carboxylic acids is 3. The highest BCUT2D eigenvalue weighted by Gasteiger charge is 2.70. The highest BCUT2D eigenvalue weighted by molar-refractivity contribution is 8.00. The fourth-order valence-corrected chi connectivity index (χ4v) is 10.1. The van der Waals surface area contributed by atoms with E-state index in [9.17, 15) is 19.2 Å². The topological polar surface area (TPSA) is 99.8 Å². The Morgan fingerprint density at radius 3 is 2.52 bits per heavy atom. The molecule has 0 radical (unpaired) electrons. The number of thioether (sulfide) groups is 1. The number of fused-ring (bicyclic) bond motifs is 9. The molecular weight excluding hydrogens is 438 g/mol. The molecule has 6 rings (SSSR count). The van der Waals surface area contributed by atoms with E-state index in [2.05, 4.69) is 18.8 Å². The molecule has 6 atom stereocenters. The minimum Gasteiger partial charge on any atom is -0.378 e. The maximum absolute atomic E-state index is 13.4. The zero-order valence-corrected chi connectivity index (χ0v) is 19.1. The highest BCUT2D eigenvalue weighted by atomic mass is 32.2. The van der Waals surface area contributed by atoms with E-state index in [4.69, 9.17) is 4.74 Å².